The summed E-state index contributed by atoms with van der Waals surface area (Å²) in [7, 11) is 0. The Kier molecular flexibility index (Phi) is 10.1. The molecule has 4 aromatic heterocycles. The number of hydrogen-bond acceptors (Lipinski definition) is 5. The Morgan fingerprint density at radius 3 is 1.53 bits per heavy atom. The van der Waals surface area contributed by atoms with Crippen LogP contribution in [-0.4, -0.2) is 29.1 Å². The van der Waals surface area contributed by atoms with E-state index in [1.54, 1.807) is 0 Å². The summed E-state index contributed by atoms with van der Waals surface area (Å²) in [5, 5.41) is 14.1. The largest absolute Gasteiger partial charge is 0.309 e. The Morgan fingerprint density at radius 2 is 0.903 bits per heavy atom. The molecule has 0 spiro atoms. The van der Waals surface area contributed by atoms with Gasteiger partial charge in [0, 0.05) is 50.0 Å². The molecule has 0 bridgehead atoms. The van der Waals surface area contributed by atoms with Gasteiger partial charge in [0.25, 0.3) is 0 Å². The van der Waals surface area contributed by atoms with Gasteiger partial charge >= 0.3 is 0 Å². The molecule has 4 heterocycles. The lowest BCUT2D eigenvalue weighted by Gasteiger charge is -2.20. The van der Waals surface area contributed by atoms with E-state index in [-0.39, 0.29) is 0 Å². The van der Waals surface area contributed by atoms with Crippen LogP contribution in [0.25, 0.3) is 128 Å². The van der Waals surface area contributed by atoms with Crippen molar-refractivity contribution in [2.24, 2.45) is 0 Å². The fourth-order valence-electron chi connectivity index (χ4n) is 10.2. The van der Waals surface area contributed by atoms with Crippen LogP contribution in [0.2, 0.25) is 0 Å². The third-order valence-electron chi connectivity index (χ3n) is 13.5. The van der Waals surface area contributed by atoms with E-state index in [9.17, 15) is 5.26 Å². The highest BCUT2D eigenvalue weighted by molar-refractivity contribution is 6.13. The van der Waals surface area contributed by atoms with Gasteiger partial charge in [-0.05, 0) is 95.1 Å². The maximum Gasteiger partial charge on any atom is 0.187 e. The zero-order valence-corrected chi connectivity index (χ0v) is 38.5. The van der Waals surface area contributed by atoms with Crippen molar-refractivity contribution in [3.05, 3.63) is 248 Å². The summed E-state index contributed by atoms with van der Waals surface area (Å²) in [5.41, 5.74) is 15.1. The van der Waals surface area contributed by atoms with Gasteiger partial charge in [0.05, 0.1) is 57.3 Å². The van der Waals surface area contributed by atoms with E-state index in [0.717, 1.165) is 105 Å². The van der Waals surface area contributed by atoms with Crippen LogP contribution >= 0.6 is 0 Å². The first kappa shape index (κ1) is 41.9. The predicted molar refractivity (Wildman–Crippen MR) is 290 cm³/mol. The molecule has 0 N–H and O–H groups in total. The van der Waals surface area contributed by atoms with Crippen LogP contribution in [-0.2, 0) is 0 Å². The fraction of sp³-hybridized carbons (Fsp3) is 0. The number of nitriles is 1. The minimum atomic E-state index is 0.505. The zero-order chi connectivity index (χ0) is 48.1. The molecule has 0 unspecified atom stereocenters. The molecule has 0 radical (unpaired) electrons. The van der Waals surface area contributed by atoms with Crippen molar-refractivity contribution in [3.63, 3.8) is 0 Å². The summed E-state index contributed by atoms with van der Waals surface area (Å²) in [6, 6.07) is 78.6. The van der Waals surface area contributed by atoms with Gasteiger partial charge in [-0.2, -0.15) is 5.26 Å². The van der Waals surface area contributed by atoms with Gasteiger partial charge in [-0.15, -0.1) is 0 Å². The van der Waals surface area contributed by atoms with Crippen LogP contribution in [0, 0.1) is 17.9 Å². The molecule has 0 aliphatic heterocycles. The summed E-state index contributed by atoms with van der Waals surface area (Å²) < 4.78 is 4.66. The van der Waals surface area contributed by atoms with Crippen molar-refractivity contribution in [3.8, 4) is 85.1 Å². The second-order valence-corrected chi connectivity index (χ2v) is 17.6. The van der Waals surface area contributed by atoms with Gasteiger partial charge in [-0.3, -0.25) is 4.98 Å². The average Bonchev–Trinajstić information content (AvgIpc) is 3.97. The highest BCUT2D eigenvalue weighted by atomic mass is 15.0. The Balaban J connectivity index is 1.12. The van der Waals surface area contributed by atoms with Crippen LogP contribution < -0.4 is 0 Å². The van der Waals surface area contributed by atoms with Gasteiger partial charge in [0.2, 0.25) is 0 Å². The Hall–Kier alpha value is -10.3. The minimum absolute atomic E-state index is 0.505. The minimum Gasteiger partial charge on any atom is -0.309 e. The third kappa shape index (κ3) is 7.07. The normalized spacial score (nSPS) is 11.3. The van der Waals surface area contributed by atoms with Crippen molar-refractivity contribution in [1.82, 2.24) is 29.1 Å². The molecule has 13 rings (SSSR count). The van der Waals surface area contributed by atoms with E-state index in [1.807, 2.05) is 109 Å². The van der Waals surface area contributed by atoms with E-state index in [4.69, 9.17) is 26.5 Å². The molecule has 0 aliphatic rings. The number of para-hydroxylation sites is 2. The topological polar surface area (TPSA) is 89.6 Å². The molecular weight excluding hydrogens is 881 g/mol. The lowest BCUT2D eigenvalue weighted by atomic mass is 9.98. The number of hydrogen-bond donors (Lipinski definition) is 0. The predicted octanol–water partition coefficient (Wildman–Crippen LogP) is 15.9. The van der Waals surface area contributed by atoms with Crippen molar-refractivity contribution in [2.45, 2.75) is 0 Å². The van der Waals surface area contributed by atoms with Crippen LogP contribution in [0.4, 0.5) is 5.69 Å². The highest BCUT2D eigenvalue weighted by Crippen LogP contribution is 2.45. The van der Waals surface area contributed by atoms with Crippen molar-refractivity contribution < 1.29 is 0 Å². The molecule has 9 aromatic carbocycles. The number of nitrogens with zero attached hydrogens (tertiary/aromatic N) is 8. The van der Waals surface area contributed by atoms with E-state index in [2.05, 4.69) is 141 Å². The monoisotopic (exact) mass is 918 g/mol. The second-order valence-electron chi connectivity index (χ2n) is 17.6. The molecular formula is C64H38N8. The Bertz CT molecular complexity index is 4310. The molecule has 8 nitrogen and oxygen atoms in total. The van der Waals surface area contributed by atoms with E-state index in [1.165, 1.54) is 0 Å². The van der Waals surface area contributed by atoms with Gasteiger partial charge in [-0.25, -0.2) is 19.8 Å². The molecule has 0 saturated heterocycles. The average molecular weight is 919 g/mol. The number of rotatable bonds is 8. The summed E-state index contributed by atoms with van der Waals surface area (Å²) in [6.07, 6.45) is 1.86. The molecule has 72 heavy (non-hydrogen) atoms. The lowest BCUT2D eigenvalue weighted by Crippen LogP contribution is -2.06. The number of fused-ring (bicyclic) bond motifs is 6. The first-order chi connectivity index (χ1) is 35.6. The molecule has 0 fully saturated rings. The van der Waals surface area contributed by atoms with E-state index >= 15 is 0 Å². The standard InChI is InChI=1S/C64H38N8/c1-66-48-23-13-22-45(37-48)47-32-33-56-52(39-47)49-24-8-10-27-54(49)71(56)58-29-14-26-51(64-69-62(42-17-4-2-5-18-42)68-63(70-64)43-19-6-3-7-20-43)60(58)61-59(30-15-35-67-61)72-55-28-11-9-25-50(55)53-38-46(31-34-57(53)72)44-21-12-16-41(36-44)40-65/h2-39H. The van der Waals surface area contributed by atoms with Crippen LogP contribution in [0.5, 0.6) is 0 Å². The fourth-order valence-corrected chi connectivity index (χ4v) is 10.2. The van der Waals surface area contributed by atoms with Gasteiger partial charge in [0.15, 0.2) is 23.2 Å². The summed E-state index contributed by atoms with van der Waals surface area (Å²) in [5.74, 6) is 1.62. The first-order valence-corrected chi connectivity index (χ1v) is 23.6. The molecule has 334 valence electrons. The first-order valence-electron chi connectivity index (χ1n) is 23.6. The summed E-state index contributed by atoms with van der Waals surface area (Å²) in [4.78, 5) is 24.9. The number of pyridine rings is 1. The maximum absolute atomic E-state index is 9.77. The number of benzene rings is 9. The van der Waals surface area contributed by atoms with Gasteiger partial charge < -0.3 is 9.13 Å². The zero-order valence-electron chi connectivity index (χ0n) is 38.5. The lowest BCUT2D eigenvalue weighted by molar-refractivity contribution is 1.07. The van der Waals surface area contributed by atoms with Crippen LogP contribution in [0.1, 0.15) is 5.56 Å². The van der Waals surface area contributed by atoms with E-state index in [0.29, 0.717) is 28.7 Å². The molecule has 0 saturated carbocycles. The maximum atomic E-state index is 9.77. The highest BCUT2D eigenvalue weighted by Gasteiger charge is 2.26. The molecule has 0 atom stereocenters. The molecule has 0 aliphatic carbocycles. The number of aromatic nitrogens is 6. The van der Waals surface area contributed by atoms with E-state index < -0.39 is 0 Å². The van der Waals surface area contributed by atoms with Gasteiger partial charge in [-0.1, -0.05) is 152 Å². The Morgan fingerprint density at radius 1 is 0.403 bits per heavy atom. The third-order valence-corrected chi connectivity index (χ3v) is 13.5. The SMILES string of the molecule is [C-]#[N+]c1cccc(-c2ccc3c(c2)c2ccccc2n3-c2cccc(-c3nc(-c4ccccc4)nc(-c4ccccc4)n3)c2-c2ncccc2-n2c3ccccc3c3cc(-c4cccc(C#N)c4)ccc32)c1. The Labute approximate surface area is 414 Å². The van der Waals surface area contributed by atoms with Crippen LogP contribution in [0.15, 0.2) is 231 Å². The van der Waals surface area contributed by atoms with Gasteiger partial charge in [0.1, 0.15) is 0 Å². The molecule has 0 amide bonds. The van der Waals surface area contributed by atoms with Crippen molar-refractivity contribution >= 4 is 49.3 Å². The summed E-state index contributed by atoms with van der Waals surface area (Å²) in [6.45, 7) is 7.71. The summed E-state index contributed by atoms with van der Waals surface area (Å²) >= 11 is 0. The quantitative estimate of drug-likeness (QED) is 0.142. The smallest absolute Gasteiger partial charge is 0.187 e. The molecule has 8 heteroatoms. The van der Waals surface area contributed by atoms with Crippen molar-refractivity contribution in [1.29, 1.82) is 5.26 Å². The van der Waals surface area contributed by atoms with Crippen molar-refractivity contribution in [2.75, 3.05) is 0 Å². The van der Waals surface area contributed by atoms with Crippen LogP contribution in [0.3, 0.4) is 0 Å². The molecule has 13 aromatic rings. The second kappa shape index (κ2) is 17.4.